The molecule has 2 N–H and O–H groups in total. The Bertz CT molecular complexity index is 419. The summed E-state index contributed by atoms with van der Waals surface area (Å²) in [6.07, 6.45) is 2.36. The van der Waals surface area contributed by atoms with Gasteiger partial charge in [-0.25, -0.2) is 0 Å². The van der Waals surface area contributed by atoms with Crippen LogP contribution in [0.15, 0.2) is 4.47 Å². The molecule has 1 aliphatic rings. The lowest BCUT2D eigenvalue weighted by Gasteiger charge is -2.10. The number of halogens is 1. The second kappa shape index (κ2) is 5.18. The summed E-state index contributed by atoms with van der Waals surface area (Å²) in [4.78, 5) is 11.9. The average molecular weight is 302 g/mol. The molecule has 0 aromatic carbocycles. The van der Waals surface area contributed by atoms with E-state index >= 15 is 0 Å². The van der Waals surface area contributed by atoms with Gasteiger partial charge in [-0.15, -0.1) is 0 Å². The lowest BCUT2D eigenvalue weighted by Crippen LogP contribution is -2.28. The number of carbonyl (C=O) groups is 1. The Hall–Kier alpha value is -0.880. The highest BCUT2D eigenvalue weighted by Crippen LogP contribution is 2.25. The molecule has 0 unspecified atom stereocenters. The number of hydrogen-bond donors (Lipinski definition) is 2. The maximum absolute atomic E-state index is 11.9. The third-order valence-electron chi connectivity index (χ3n) is 2.90. The van der Waals surface area contributed by atoms with Gasteiger partial charge in [-0.1, -0.05) is 6.92 Å². The average Bonchev–Trinajstić information content (AvgIpc) is 2.87. The van der Waals surface area contributed by atoms with Crippen LogP contribution in [0.3, 0.4) is 0 Å². The van der Waals surface area contributed by atoms with Crippen molar-refractivity contribution in [2.45, 2.75) is 45.3 Å². The summed E-state index contributed by atoms with van der Waals surface area (Å²) in [5.41, 5.74) is 0.973. The van der Waals surface area contributed by atoms with Crippen molar-refractivity contribution in [2.75, 3.05) is 5.32 Å². The molecule has 1 aliphatic heterocycles. The summed E-state index contributed by atoms with van der Waals surface area (Å²) in [6, 6.07) is 0. The van der Waals surface area contributed by atoms with Crippen molar-refractivity contribution in [3.63, 3.8) is 0 Å². The third kappa shape index (κ3) is 2.69. The van der Waals surface area contributed by atoms with Crippen molar-refractivity contribution in [2.24, 2.45) is 0 Å². The number of aromatic nitrogens is 2. The molecular weight excluding hydrogens is 286 g/mol. The largest absolute Gasteiger partial charge is 0.365 e. The molecule has 0 saturated carbocycles. The summed E-state index contributed by atoms with van der Waals surface area (Å²) in [6.45, 7) is 4.00. The highest BCUT2D eigenvalue weighted by molar-refractivity contribution is 9.10. The molecule has 2 atom stereocenters. The quantitative estimate of drug-likeness (QED) is 0.900. The molecule has 5 nitrogen and oxygen atoms in total. The SMILES string of the molecule is CCc1[nH]nc(NC(=O)[C@@H]2CC[C@H](C)O2)c1Br. The predicted octanol–water partition coefficient (Wildman–Crippen LogP) is 2.24. The van der Waals surface area contributed by atoms with Crippen molar-refractivity contribution in [1.29, 1.82) is 0 Å². The molecule has 2 rings (SSSR count). The zero-order valence-electron chi connectivity index (χ0n) is 9.92. The van der Waals surface area contributed by atoms with Crippen molar-refractivity contribution in [3.05, 3.63) is 10.2 Å². The number of aryl methyl sites for hydroxylation is 1. The van der Waals surface area contributed by atoms with Gasteiger partial charge in [0.1, 0.15) is 6.10 Å². The maximum atomic E-state index is 11.9. The molecule has 94 valence electrons. The number of carbonyl (C=O) groups excluding carboxylic acids is 1. The van der Waals surface area contributed by atoms with Gasteiger partial charge in [0.2, 0.25) is 0 Å². The number of rotatable bonds is 3. The van der Waals surface area contributed by atoms with Gasteiger partial charge in [0.05, 0.1) is 16.3 Å². The van der Waals surface area contributed by atoms with E-state index in [1.165, 1.54) is 0 Å². The number of H-pyrrole nitrogens is 1. The van der Waals surface area contributed by atoms with Crippen LogP contribution < -0.4 is 5.32 Å². The monoisotopic (exact) mass is 301 g/mol. The van der Waals surface area contributed by atoms with Crippen LogP contribution in [0.2, 0.25) is 0 Å². The van der Waals surface area contributed by atoms with Crippen molar-refractivity contribution in [3.8, 4) is 0 Å². The maximum Gasteiger partial charge on any atom is 0.254 e. The van der Waals surface area contributed by atoms with Crippen LogP contribution in [-0.4, -0.2) is 28.3 Å². The number of anilines is 1. The van der Waals surface area contributed by atoms with Gasteiger partial charge in [0, 0.05) is 0 Å². The van der Waals surface area contributed by atoms with Crippen LogP contribution in [0, 0.1) is 0 Å². The van der Waals surface area contributed by atoms with E-state index in [4.69, 9.17) is 4.74 Å². The summed E-state index contributed by atoms with van der Waals surface area (Å²) in [7, 11) is 0. The van der Waals surface area contributed by atoms with E-state index in [0.717, 1.165) is 29.4 Å². The summed E-state index contributed by atoms with van der Waals surface area (Å²) >= 11 is 3.41. The van der Waals surface area contributed by atoms with Crippen LogP contribution in [-0.2, 0) is 16.0 Å². The number of amides is 1. The molecule has 1 saturated heterocycles. The Morgan fingerprint density at radius 1 is 1.65 bits per heavy atom. The minimum absolute atomic E-state index is 0.121. The van der Waals surface area contributed by atoms with Gasteiger partial charge < -0.3 is 10.1 Å². The van der Waals surface area contributed by atoms with E-state index in [9.17, 15) is 4.79 Å². The molecule has 1 amide bonds. The Balaban J connectivity index is 2.00. The Morgan fingerprint density at radius 2 is 2.41 bits per heavy atom. The predicted molar refractivity (Wildman–Crippen MR) is 67.9 cm³/mol. The van der Waals surface area contributed by atoms with E-state index in [1.807, 2.05) is 13.8 Å². The van der Waals surface area contributed by atoms with Crippen molar-refractivity contribution < 1.29 is 9.53 Å². The van der Waals surface area contributed by atoms with Crippen LogP contribution in [0.25, 0.3) is 0 Å². The number of hydrogen-bond acceptors (Lipinski definition) is 3. The molecule has 0 spiro atoms. The molecule has 0 bridgehead atoms. The standard InChI is InChI=1S/C11H16BrN3O2/c1-3-7-9(12)10(15-14-7)13-11(16)8-5-4-6(2)17-8/h6,8H,3-5H2,1-2H3,(H2,13,14,15,16)/t6-,8-/m0/s1. The first-order valence-electron chi connectivity index (χ1n) is 5.80. The Labute approximate surface area is 108 Å². The number of nitrogens with one attached hydrogen (secondary N) is 2. The Kier molecular flexibility index (Phi) is 3.83. The number of nitrogens with zero attached hydrogens (tertiary/aromatic N) is 1. The zero-order valence-corrected chi connectivity index (χ0v) is 11.5. The fraction of sp³-hybridized carbons (Fsp3) is 0.636. The van der Waals surface area contributed by atoms with E-state index in [2.05, 4.69) is 31.4 Å². The lowest BCUT2D eigenvalue weighted by molar-refractivity contribution is -0.126. The molecule has 1 aromatic rings. The fourth-order valence-corrected chi connectivity index (χ4v) is 2.43. The number of ether oxygens (including phenoxy) is 1. The first-order valence-corrected chi connectivity index (χ1v) is 6.60. The highest BCUT2D eigenvalue weighted by atomic mass is 79.9. The summed E-state index contributed by atoms with van der Waals surface area (Å²) in [5.74, 6) is 0.416. The Morgan fingerprint density at radius 3 is 2.94 bits per heavy atom. The minimum Gasteiger partial charge on any atom is -0.365 e. The molecule has 1 aromatic heterocycles. The second-order valence-electron chi connectivity index (χ2n) is 4.22. The third-order valence-corrected chi connectivity index (χ3v) is 3.75. The highest BCUT2D eigenvalue weighted by Gasteiger charge is 2.29. The van der Waals surface area contributed by atoms with Gasteiger partial charge in [0.25, 0.3) is 5.91 Å². The summed E-state index contributed by atoms with van der Waals surface area (Å²) < 4.78 is 6.32. The normalized spacial score (nSPS) is 23.9. The van der Waals surface area contributed by atoms with Crippen LogP contribution in [0.4, 0.5) is 5.82 Å². The van der Waals surface area contributed by atoms with Gasteiger partial charge in [0.15, 0.2) is 5.82 Å². The zero-order chi connectivity index (χ0) is 12.4. The topological polar surface area (TPSA) is 67.0 Å². The summed E-state index contributed by atoms with van der Waals surface area (Å²) in [5, 5.41) is 9.71. The fourth-order valence-electron chi connectivity index (χ4n) is 1.87. The molecule has 0 radical (unpaired) electrons. The van der Waals surface area contributed by atoms with E-state index in [1.54, 1.807) is 0 Å². The minimum atomic E-state index is -0.348. The molecule has 2 heterocycles. The molecule has 17 heavy (non-hydrogen) atoms. The molecular formula is C11H16BrN3O2. The van der Waals surface area contributed by atoms with Crippen molar-refractivity contribution >= 4 is 27.7 Å². The van der Waals surface area contributed by atoms with Crippen LogP contribution in [0.1, 0.15) is 32.4 Å². The first kappa shape index (κ1) is 12.6. The van der Waals surface area contributed by atoms with Gasteiger partial charge >= 0.3 is 0 Å². The van der Waals surface area contributed by atoms with E-state index < -0.39 is 0 Å². The van der Waals surface area contributed by atoms with Crippen LogP contribution in [0.5, 0.6) is 0 Å². The smallest absolute Gasteiger partial charge is 0.254 e. The second-order valence-corrected chi connectivity index (χ2v) is 5.01. The molecule has 1 fully saturated rings. The first-order chi connectivity index (χ1) is 8.11. The molecule has 6 heteroatoms. The van der Waals surface area contributed by atoms with Gasteiger partial charge in [-0.05, 0) is 42.1 Å². The van der Waals surface area contributed by atoms with E-state index in [-0.39, 0.29) is 18.1 Å². The number of aromatic amines is 1. The van der Waals surface area contributed by atoms with Crippen molar-refractivity contribution in [1.82, 2.24) is 10.2 Å². The van der Waals surface area contributed by atoms with Gasteiger partial charge in [-0.3, -0.25) is 9.89 Å². The van der Waals surface area contributed by atoms with E-state index in [0.29, 0.717) is 5.82 Å². The lowest BCUT2D eigenvalue weighted by atomic mass is 10.2. The van der Waals surface area contributed by atoms with Crippen LogP contribution >= 0.6 is 15.9 Å². The molecule has 0 aliphatic carbocycles. The van der Waals surface area contributed by atoms with Gasteiger partial charge in [-0.2, -0.15) is 5.10 Å².